The number of phenolic OH excluding ortho intramolecular Hbond substituents is 1. The zero-order chi connectivity index (χ0) is 15.9. The van der Waals surface area contributed by atoms with Gasteiger partial charge in [-0.2, -0.15) is 5.10 Å². The molecule has 0 fully saturated rings. The van der Waals surface area contributed by atoms with Gasteiger partial charge in [0.25, 0.3) is 0 Å². The lowest BCUT2D eigenvalue weighted by Gasteiger charge is -2.08. The molecular weight excluding hydrogens is 366 g/mol. The first-order valence-corrected chi connectivity index (χ1v) is 7.51. The Morgan fingerprint density at radius 2 is 2.14 bits per heavy atom. The summed E-state index contributed by atoms with van der Waals surface area (Å²) in [5, 5.41) is 16.8. The van der Waals surface area contributed by atoms with Crippen LogP contribution >= 0.6 is 28.1 Å². The summed E-state index contributed by atoms with van der Waals surface area (Å²) in [6.07, 6.45) is 1.60. The second-order valence-electron chi connectivity index (χ2n) is 4.27. The third-order valence-corrected chi connectivity index (χ3v) is 3.51. The molecule has 0 aliphatic rings. The number of halogens is 1. The fraction of sp³-hybridized carbons (Fsp3) is 0.0667. The maximum Gasteiger partial charge on any atom is 0.191 e. The molecule has 0 aromatic heterocycles. The highest BCUT2D eigenvalue weighted by atomic mass is 79.9. The SMILES string of the molecule is COc1cccc(NC(=S)N/N=C/c2ccc(O)c(Br)c2)c1. The summed E-state index contributed by atoms with van der Waals surface area (Å²) in [7, 11) is 1.61. The predicted molar refractivity (Wildman–Crippen MR) is 95.8 cm³/mol. The largest absolute Gasteiger partial charge is 0.507 e. The van der Waals surface area contributed by atoms with Gasteiger partial charge in [-0.25, -0.2) is 0 Å². The molecule has 0 aliphatic carbocycles. The standard InChI is InChI=1S/C15H14BrN3O2S/c1-21-12-4-2-3-11(8-12)18-15(22)19-17-9-10-5-6-14(20)13(16)7-10/h2-9,20H,1H3,(H2,18,19,22)/b17-9+. The van der Waals surface area contributed by atoms with Crippen LogP contribution in [0.3, 0.4) is 0 Å². The van der Waals surface area contributed by atoms with Gasteiger partial charge in [0.1, 0.15) is 11.5 Å². The molecule has 22 heavy (non-hydrogen) atoms. The molecule has 0 aliphatic heterocycles. The summed E-state index contributed by atoms with van der Waals surface area (Å²) < 4.78 is 5.74. The van der Waals surface area contributed by atoms with E-state index in [-0.39, 0.29) is 5.75 Å². The third-order valence-electron chi connectivity index (χ3n) is 2.68. The van der Waals surface area contributed by atoms with E-state index >= 15 is 0 Å². The van der Waals surface area contributed by atoms with E-state index in [0.717, 1.165) is 17.0 Å². The van der Waals surface area contributed by atoms with E-state index in [4.69, 9.17) is 17.0 Å². The molecule has 2 aromatic carbocycles. The van der Waals surface area contributed by atoms with Crippen molar-refractivity contribution in [2.45, 2.75) is 0 Å². The van der Waals surface area contributed by atoms with Crippen molar-refractivity contribution in [3.05, 3.63) is 52.5 Å². The van der Waals surface area contributed by atoms with Gasteiger partial charge in [-0.1, -0.05) is 6.07 Å². The summed E-state index contributed by atoms with van der Waals surface area (Å²) in [6.45, 7) is 0. The highest BCUT2D eigenvalue weighted by molar-refractivity contribution is 9.10. The number of methoxy groups -OCH3 is 1. The Kier molecular flexibility index (Phi) is 5.74. The minimum absolute atomic E-state index is 0.181. The molecule has 0 spiro atoms. The predicted octanol–water partition coefficient (Wildman–Crippen LogP) is 3.48. The van der Waals surface area contributed by atoms with E-state index in [2.05, 4.69) is 31.8 Å². The molecule has 2 aromatic rings. The van der Waals surface area contributed by atoms with Crippen LogP contribution in [-0.2, 0) is 0 Å². The van der Waals surface area contributed by atoms with E-state index in [1.165, 1.54) is 0 Å². The number of nitrogens with zero attached hydrogens (tertiary/aromatic N) is 1. The quantitative estimate of drug-likeness (QED) is 0.431. The molecular formula is C15H14BrN3O2S. The lowest BCUT2D eigenvalue weighted by molar-refractivity contribution is 0.415. The second-order valence-corrected chi connectivity index (χ2v) is 5.53. The molecule has 7 heteroatoms. The smallest absolute Gasteiger partial charge is 0.191 e. The number of rotatable bonds is 4. The number of hydrogen-bond acceptors (Lipinski definition) is 4. The molecule has 0 saturated carbocycles. The lowest BCUT2D eigenvalue weighted by Crippen LogP contribution is -2.23. The van der Waals surface area contributed by atoms with Gasteiger partial charge in [0.2, 0.25) is 0 Å². The van der Waals surface area contributed by atoms with Crippen LogP contribution in [-0.4, -0.2) is 23.5 Å². The molecule has 0 radical (unpaired) electrons. The first-order chi connectivity index (χ1) is 10.6. The van der Waals surface area contributed by atoms with Gasteiger partial charge in [-0.15, -0.1) is 0 Å². The Hall–Kier alpha value is -2.12. The van der Waals surface area contributed by atoms with Crippen LogP contribution < -0.4 is 15.5 Å². The number of ether oxygens (including phenoxy) is 1. The van der Waals surface area contributed by atoms with E-state index in [1.807, 2.05) is 24.3 Å². The number of hydrogen-bond donors (Lipinski definition) is 3. The van der Waals surface area contributed by atoms with Gasteiger partial charge in [-0.3, -0.25) is 5.43 Å². The Morgan fingerprint density at radius 3 is 2.86 bits per heavy atom. The average Bonchev–Trinajstić information content (AvgIpc) is 2.51. The zero-order valence-corrected chi connectivity index (χ0v) is 14.1. The molecule has 0 heterocycles. The van der Waals surface area contributed by atoms with Crippen LogP contribution in [0.1, 0.15) is 5.56 Å². The van der Waals surface area contributed by atoms with Crippen molar-refractivity contribution >= 4 is 45.2 Å². The van der Waals surface area contributed by atoms with Gasteiger partial charge in [0.15, 0.2) is 5.11 Å². The van der Waals surface area contributed by atoms with Crippen molar-refractivity contribution in [3.8, 4) is 11.5 Å². The highest BCUT2D eigenvalue weighted by Gasteiger charge is 1.99. The number of nitrogens with one attached hydrogen (secondary N) is 2. The summed E-state index contributed by atoms with van der Waals surface area (Å²) in [6, 6.07) is 12.5. The number of aromatic hydroxyl groups is 1. The summed E-state index contributed by atoms with van der Waals surface area (Å²) >= 11 is 8.39. The normalized spacial score (nSPS) is 10.5. The first kappa shape index (κ1) is 16.3. The van der Waals surface area contributed by atoms with Crippen molar-refractivity contribution in [1.29, 1.82) is 0 Å². The van der Waals surface area contributed by atoms with Crippen LogP contribution in [0.2, 0.25) is 0 Å². The number of hydrazone groups is 1. The number of benzene rings is 2. The minimum atomic E-state index is 0.181. The fourth-order valence-corrected chi connectivity index (χ4v) is 2.20. The highest BCUT2D eigenvalue weighted by Crippen LogP contribution is 2.23. The van der Waals surface area contributed by atoms with E-state index < -0.39 is 0 Å². The van der Waals surface area contributed by atoms with Crippen LogP contribution in [0, 0.1) is 0 Å². The maximum atomic E-state index is 9.42. The summed E-state index contributed by atoms with van der Waals surface area (Å²) in [5.74, 6) is 0.922. The average molecular weight is 380 g/mol. The molecule has 2 rings (SSSR count). The van der Waals surface area contributed by atoms with E-state index in [0.29, 0.717) is 9.59 Å². The van der Waals surface area contributed by atoms with E-state index in [1.54, 1.807) is 31.5 Å². The Morgan fingerprint density at radius 1 is 1.32 bits per heavy atom. The Labute approximate surface area is 142 Å². The van der Waals surface area contributed by atoms with Gasteiger partial charge in [0.05, 0.1) is 17.8 Å². The maximum absolute atomic E-state index is 9.42. The van der Waals surface area contributed by atoms with Crippen molar-refractivity contribution in [2.75, 3.05) is 12.4 Å². The van der Waals surface area contributed by atoms with Gasteiger partial charge in [0, 0.05) is 11.8 Å². The molecule has 0 unspecified atom stereocenters. The van der Waals surface area contributed by atoms with Crippen LogP contribution in [0.4, 0.5) is 5.69 Å². The number of anilines is 1. The van der Waals surface area contributed by atoms with Crippen LogP contribution in [0.5, 0.6) is 11.5 Å². The molecule has 114 valence electrons. The topological polar surface area (TPSA) is 65.9 Å². The molecule has 0 saturated heterocycles. The number of thiocarbonyl (C=S) groups is 1. The molecule has 3 N–H and O–H groups in total. The summed E-state index contributed by atoms with van der Waals surface area (Å²) in [5.41, 5.74) is 4.35. The van der Waals surface area contributed by atoms with Crippen molar-refractivity contribution in [2.24, 2.45) is 5.10 Å². The Bertz CT molecular complexity index is 707. The lowest BCUT2D eigenvalue weighted by atomic mass is 10.2. The molecule has 0 atom stereocenters. The van der Waals surface area contributed by atoms with Crippen LogP contribution in [0.15, 0.2) is 52.0 Å². The van der Waals surface area contributed by atoms with E-state index in [9.17, 15) is 5.11 Å². The molecule has 0 bridgehead atoms. The third kappa shape index (κ3) is 4.71. The van der Waals surface area contributed by atoms with Crippen molar-refractivity contribution in [1.82, 2.24) is 5.43 Å². The van der Waals surface area contributed by atoms with Gasteiger partial charge >= 0.3 is 0 Å². The first-order valence-electron chi connectivity index (χ1n) is 6.31. The Balaban J connectivity index is 1.91. The van der Waals surface area contributed by atoms with Crippen molar-refractivity contribution in [3.63, 3.8) is 0 Å². The molecule has 5 nitrogen and oxygen atoms in total. The second kappa shape index (κ2) is 7.77. The summed E-state index contributed by atoms with van der Waals surface area (Å²) in [4.78, 5) is 0. The minimum Gasteiger partial charge on any atom is -0.507 e. The fourth-order valence-electron chi connectivity index (χ4n) is 1.63. The van der Waals surface area contributed by atoms with Gasteiger partial charge in [-0.05, 0) is 64.0 Å². The number of phenols is 1. The zero-order valence-electron chi connectivity index (χ0n) is 11.7. The van der Waals surface area contributed by atoms with Gasteiger partial charge < -0.3 is 15.2 Å². The molecule has 0 amide bonds. The van der Waals surface area contributed by atoms with Crippen molar-refractivity contribution < 1.29 is 9.84 Å². The monoisotopic (exact) mass is 379 g/mol. The van der Waals surface area contributed by atoms with Crippen LogP contribution in [0.25, 0.3) is 0 Å².